The van der Waals surface area contributed by atoms with Crippen molar-refractivity contribution in [2.75, 3.05) is 7.11 Å². The van der Waals surface area contributed by atoms with Crippen molar-refractivity contribution >= 4 is 28.3 Å². The van der Waals surface area contributed by atoms with Crippen LogP contribution >= 0.6 is 28.3 Å². The van der Waals surface area contributed by atoms with E-state index in [1.807, 2.05) is 18.2 Å². The van der Waals surface area contributed by atoms with Gasteiger partial charge in [-0.2, -0.15) is 0 Å². The zero-order valence-electron chi connectivity index (χ0n) is 9.87. The molecule has 0 heterocycles. The highest BCUT2D eigenvalue weighted by Gasteiger charge is 2.10. The Bertz CT molecular complexity index is 331. The molecular weight excluding hydrogens is 289 g/mol. The van der Waals surface area contributed by atoms with Gasteiger partial charge in [0, 0.05) is 6.04 Å². The molecule has 0 saturated carbocycles. The Morgan fingerprint density at radius 1 is 1.38 bits per heavy atom. The van der Waals surface area contributed by atoms with E-state index in [0.29, 0.717) is 5.92 Å². The minimum absolute atomic E-state index is 0. The summed E-state index contributed by atoms with van der Waals surface area (Å²) < 4.78 is 6.13. The van der Waals surface area contributed by atoms with E-state index in [4.69, 9.17) is 10.5 Å². The molecule has 0 spiro atoms. The first-order valence-corrected chi connectivity index (χ1v) is 5.93. The van der Waals surface area contributed by atoms with Crippen LogP contribution in [0.15, 0.2) is 22.7 Å². The summed E-state index contributed by atoms with van der Waals surface area (Å²) in [7, 11) is 1.66. The molecule has 4 heteroatoms. The number of halogens is 2. The Morgan fingerprint density at radius 2 is 2.00 bits per heavy atom. The molecule has 0 unspecified atom stereocenters. The van der Waals surface area contributed by atoms with Crippen molar-refractivity contribution in [2.45, 2.75) is 26.3 Å². The van der Waals surface area contributed by atoms with Crippen molar-refractivity contribution in [1.29, 1.82) is 0 Å². The second-order valence-corrected chi connectivity index (χ2v) is 4.98. The maximum atomic E-state index is 6.09. The van der Waals surface area contributed by atoms with Crippen LogP contribution in [-0.2, 0) is 0 Å². The van der Waals surface area contributed by atoms with Gasteiger partial charge in [-0.15, -0.1) is 12.4 Å². The average Bonchev–Trinajstić information content (AvgIpc) is 2.16. The summed E-state index contributed by atoms with van der Waals surface area (Å²) in [6.45, 7) is 4.36. The maximum absolute atomic E-state index is 6.09. The summed E-state index contributed by atoms with van der Waals surface area (Å²) in [5, 5.41) is 0. The molecular formula is C12H19BrClNO. The number of benzene rings is 1. The fourth-order valence-corrected chi connectivity index (χ4v) is 2.12. The molecule has 0 aromatic heterocycles. The third-order valence-electron chi connectivity index (χ3n) is 2.33. The molecule has 0 radical (unpaired) electrons. The molecule has 1 aromatic carbocycles. The highest BCUT2D eigenvalue weighted by molar-refractivity contribution is 9.10. The van der Waals surface area contributed by atoms with E-state index in [1.54, 1.807) is 7.11 Å². The Hall–Kier alpha value is -0.250. The molecule has 0 aliphatic carbocycles. The lowest BCUT2D eigenvalue weighted by Gasteiger charge is -2.15. The summed E-state index contributed by atoms with van der Waals surface area (Å²) in [6.07, 6.45) is 0.999. The Kier molecular flexibility index (Phi) is 7.04. The van der Waals surface area contributed by atoms with Crippen molar-refractivity contribution in [2.24, 2.45) is 11.7 Å². The number of hydrogen-bond acceptors (Lipinski definition) is 2. The number of ether oxygens (including phenoxy) is 1. The quantitative estimate of drug-likeness (QED) is 0.915. The topological polar surface area (TPSA) is 35.2 Å². The van der Waals surface area contributed by atoms with Crippen molar-refractivity contribution < 1.29 is 4.74 Å². The van der Waals surface area contributed by atoms with Gasteiger partial charge < -0.3 is 10.5 Å². The molecule has 0 aliphatic rings. The molecule has 1 rings (SSSR count). The average molecular weight is 309 g/mol. The first-order valence-electron chi connectivity index (χ1n) is 5.13. The standard InChI is InChI=1S/C12H18BrNO.ClH/c1-8(2)6-11(14)9-4-5-12(15-3)10(13)7-9;/h4-5,7-8,11H,6,14H2,1-3H3;1H/t11-;/m0./s1. The largest absolute Gasteiger partial charge is 0.496 e. The van der Waals surface area contributed by atoms with E-state index >= 15 is 0 Å². The molecule has 92 valence electrons. The SMILES string of the molecule is COc1ccc([C@@H](N)CC(C)C)cc1Br.Cl. The lowest BCUT2D eigenvalue weighted by molar-refractivity contribution is 0.411. The van der Waals surface area contributed by atoms with Crippen LogP contribution in [-0.4, -0.2) is 7.11 Å². The van der Waals surface area contributed by atoms with Crippen LogP contribution in [0.3, 0.4) is 0 Å². The van der Waals surface area contributed by atoms with Gasteiger partial charge in [0.25, 0.3) is 0 Å². The summed E-state index contributed by atoms with van der Waals surface area (Å²) >= 11 is 3.46. The Labute approximate surface area is 112 Å². The van der Waals surface area contributed by atoms with Gasteiger partial charge in [0.05, 0.1) is 11.6 Å². The van der Waals surface area contributed by atoms with Gasteiger partial charge in [0.15, 0.2) is 0 Å². The molecule has 16 heavy (non-hydrogen) atoms. The van der Waals surface area contributed by atoms with Gasteiger partial charge in [0.2, 0.25) is 0 Å². The van der Waals surface area contributed by atoms with E-state index in [9.17, 15) is 0 Å². The zero-order valence-corrected chi connectivity index (χ0v) is 12.3. The zero-order chi connectivity index (χ0) is 11.4. The summed E-state index contributed by atoms with van der Waals surface area (Å²) in [5.41, 5.74) is 7.24. The number of rotatable bonds is 4. The monoisotopic (exact) mass is 307 g/mol. The van der Waals surface area contributed by atoms with Gasteiger partial charge in [-0.05, 0) is 46.0 Å². The lowest BCUT2D eigenvalue weighted by Crippen LogP contribution is -2.12. The van der Waals surface area contributed by atoms with Crippen LogP contribution in [0.4, 0.5) is 0 Å². The fourth-order valence-electron chi connectivity index (χ4n) is 1.56. The van der Waals surface area contributed by atoms with Gasteiger partial charge in [0.1, 0.15) is 5.75 Å². The second-order valence-electron chi connectivity index (χ2n) is 4.13. The van der Waals surface area contributed by atoms with Crippen molar-refractivity contribution in [3.8, 4) is 5.75 Å². The normalized spacial score (nSPS) is 12.1. The van der Waals surface area contributed by atoms with Crippen LogP contribution in [0.1, 0.15) is 31.9 Å². The highest BCUT2D eigenvalue weighted by Crippen LogP contribution is 2.29. The molecule has 0 bridgehead atoms. The Balaban J connectivity index is 0.00000225. The number of methoxy groups -OCH3 is 1. The van der Waals surface area contributed by atoms with E-state index in [0.717, 1.165) is 22.2 Å². The van der Waals surface area contributed by atoms with Crippen LogP contribution in [0.2, 0.25) is 0 Å². The van der Waals surface area contributed by atoms with Crippen molar-refractivity contribution in [3.63, 3.8) is 0 Å². The minimum atomic E-state index is 0. The highest BCUT2D eigenvalue weighted by atomic mass is 79.9. The molecule has 0 amide bonds. The lowest BCUT2D eigenvalue weighted by atomic mass is 9.98. The van der Waals surface area contributed by atoms with E-state index in [-0.39, 0.29) is 18.4 Å². The third kappa shape index (κ3) is 4.32. The van der Waals surface area contributed by atoms with Gasteiger partial charge in [-0.3, -0.25) is 0 Å². The third-order valence-corrected chi connectivity index (χ3v) is 2.95. The van der Waals surface area contributed by atoms with Gasteiger partial charge >= 0.3 is 0 Å². The van der Waals surface area contributed by atoms with Gasteiger partial charge in [-0.1, -0.05) is 19.9 Å². The van der Waals surface area contributed by atoms with Crippen LogP contribution in [0.25, 0.3) is 0 Å². The molecule has 0 aliphatic heterocycles. The van der Waals surface area contributed by atoms with Crippen molar-refractivity contribution in [1.82, 2.24) is 0 Å². The Morgan fingerprint density at radius 3 is 2.44 bits per heavy atom. The number of hydrogen-bond donors (Lipinski definition) is 1. The van der Waals surface area contributed by atoms with E-state index in [1.165, 1.54) is 0 Å². The first-order chi connectivity index (χ1) is 7.04. The van der Waals surface area contributed by atoms with Crippen LogP contribution in [0.5, 0.6) is 5.75 Å². The molecule has 0 saturated heterocycles. The molecule has 1 aromatic rings. The predicted octanol–water partition coefficient (Wildman–Crippen LogP) is 3.93. The predicted molar refractivity (Wildman–Crippen MR) is 74.3 cm³/mol. The van der Waals surface area contributed by atoms with Crippen LogP contribution < -0.4 is 10.5 Å². The molecule has 1 atom stereocenters. The van der Waals surface area contributed by atoms with Gasteiger partial charge in [-0.25, -0.2) is 0 Å². The first kappa shape index (κ1) is 15.8. The summed E-state index contributed by atoms with van der Waals surface area (Å²) in [6, 6.07) is 6.11. The van der Waals surface area contributed by atoms with Crippen LogP contribution in [0, 0.1) is 5.92 Å². The fraction of sp³-hybridized carbons (Fsp3) is 0.500. The van der Waals surface area contributed by atoms with E-state index in [2.05, 4.69) is 29.8 Å². The van der Waals surface area contributed by atoms with Crippen molar-refractivity contribution in [3.05, 3.63) is 28.2 Å². The molecule has 2 N–H and O–H groups in total. The smallest absolute Gasteiger partial charge is 0.133 e. The second kappa shape index (κ2) is 7.15. The van der Waals surface area contributed by atoms with E-state index < -0.39 is 0 Å². The molecule has 2 nitrogen and oxygen atoms in total. The summed E-state index contributed by atoms with van der Waals surface area (Å²) in [5.74, 6) is 1.45. The maximum Gasteiger partial charge on any atom is 0.133 e. The summed E-state index contributed by atoms with van der Waals surface area (Å²) in [4.78, 5) is 0. The minimum Gasteiger partial charge on any atom is -0.496 e. The molecule has 0 fully saturated rings. The number of nitrogens with two attached hydrogens (primary N) is 1.